The lowest BCUT2D eigenvalue weighted by molar-refractivity contribution is 0.369. The summed E-state index contributed by atoms with van der Waals surface area (Å²) in [7, 11) is 3.38. The molecule has 0 aliphatic carbocycles. The maximum atomic E-state index is 9.98. The van der Waals surface area contributed by atoms with Crippen molar-refractivity contribution in [1.29, 1.82) is 0 Å². The number of benzene rings is 1. The first-order valence-corrected chi connectivity index (χ1v) is 6.22. The van der Waals surface area contributed by atoms with Crippen LogP contribution in [0.4, 0.5) is 0 Å². The van der Waals surface area contributed by atoms with Gasteiger partial charge in [0, 0.05) is 43.0 Å². The van der Waals surface area contributed by atoms with E-state index in [0.29, 0.717) is 29.4 Å². The Morgan fingerprint density at radius 2 is 2.21 bits per heavy atom. The van der Waals surface area contributed by atoms with Crippen LogP contribution in [0, 0.1) is 0 Å². The van der Waals surface area contributed by atoms with Gasteiger partial charge in [-0.2, -0.15) is 5.10 Å². The van der Waals surface area contributed by atoms with E-state index in [2.05, 4.69) is 10.4 Å². The van der Waals surface area contributed by atoms with Crippen LogP contribution in [-0.4, -0.2) is 22.0 Å². The average Bonchev–Trinajstić information content (AvgIpc) is 2.79. The highest BCUT2D eigenvalue weighted by molar-refractivity contribution is 6.30. The van der Waals surface area contributed by atoms with Crippen molar-refractivity contribution < 1.29 is 9.84 Å². The molecule has 1 aromatic carbocycles. The Balaban J connectivity index is 2.03. The fourth-order valence-corrected chi connectivity index (χ4v) is 2.05. The van der Waals surface area contributed by atoms with Crippen LogP contribution in [0.5, 0.6) is 11.5 Å². The number of halogens is 1. The summed E-state index contributed by atoms with van der Waals surface area (Å²) in [6.07, 6.45) is 1.75. The number of nitrogens with zero attached hydrogens (tertiary/aromatic N) is 2. The van der Waals surface area contributed by atoms with E-state index in [4.69, 9.17) is 16.3 Å². The number of aromatic nitrogens is 2. The van der Waals surface area contributed by atoms with E-state index in [1.54, 1.807) is 23.0 Å². The minimum atomic E-state index is 0.115. The third kappa shape index (κ3) is 3.19. The Hall–Kier alpha value is -1.72. The Bertz CT molecular complexity index is 569. The number of methoxy groups -OCH3 is 1. The number of rotatable bonds is 5. The van der Waals surface area contributed by atoms with E-state index >= 15 is 0 Å². The van der Waals surface area contributed by atoms with Crippen LogP contribution in [0.1, 0.15) is 11.3 Å². The second-order valence-electron chi connectivity index (χ2n) is 4.17. The number of phenols is 1. The fourth-order valence-electron chi connectivity index (χ4n) is 1.82. The quantitative estimate of drug-likeness (QED) is 0.881. The van der Waals surface area contributed by atoms with Crippen molar-refractivity contribution in [3.63, 3.8) is 0 Å². The number of hydrogen-bond donors (Lipinski definition) is 2. The zero-order valence-corrected chi connectivity index (χ0v) is 11.6. The largest absolute Gasteiger partial charge is 0.504 e. The SMILES string of the molecule is COc1cc(Cl)cc(CNCc2ccnn2C)c1O. The molecule has 2 aromatic rings. The highest BCUT2D eigenvalue weighted by Crippen LogP contribution is 2.33. The Morgan fingerprint density at radius 1 is 1.42 bits per heavy atom. The molecule has 0 aliphatic rings. The second-order valence-corrected chi connectivity index (χ2v) is 4.60. The molecular weight excluding hydrogens is 266 g/mol. The third-order valence-electron chi connectivity index (χ3n) is 2.88. The Kier molecular flexibility index (Phi) is 4.29. The minimum Gasteiger partial charge on any atom is -0.504 e. The van der Waals surface area contributed by atoms with Crippen molar-refractivity contribution in [3.8, 4) is 11.5 Å². The van der Waals surface area contributed by atoms with Crippen molar-refractivity contribution in [2.75, 3.05) is 7.11 Å². The lowest BCUT2D eigenvalue weighted by Gasteiger charge is -2.11. The number of ether oxygens (including phenoxy) is 1. The predicted octanol–water partition coefficient (Wildman–Crippen LogP) is 2.08. The van der Waals surface area contributed by atoms with Crippen molar-refractivity contribution in [1.82, 2.24) is 15.1 Å². The van der Waals surface area contributed by atoms with Crippen LogP contribution in [0.3, 0.4) is 0 Å². The smallest absolute Gasteiger partial charge is 0.162 e. The van der Waals surface area contributed by atoms with Crippen LogP contribution < -0.4 is 10.1 Å². The maximum absolute atomic E-state index is 9.98. The van der Waals surface area contributed by atoms with Gasteiger partial charge in [0.05, 0.1) is 12.8 Å². The zero-order chi connectivity index (χ0) is 13.8. The summed E-state index contributed by atoms with van der Waals surface area (Å²) < 4.78 is 6.86. The molecule has 102 valence electrons. The molecule has 1 aromatic heterocycles. The highest BCUT2D eigenvalue weighted by atomic mass is 35.5. The lowest BCUT2D eigenvalue weighted by atomic mass is 10.2. The molecule has 0 aliphatic heterocycles. The molecule has 0 unspecified atom stereocenters. The van der Waals surface area contributed by atoms with E-state index in [1.165, 1.54) is 7.11 Å². The molecule has 0 radical (unpaired) electrons. The molecule has 0 saturated heterocycles. The molecule has 2 rings (SSSR count). The van der Waals surface area contributed by atoms with Gasteiger partial charge in [-0.3, -0.25) is 4.68 Å². The van der Waals surface area contributed by atoms with Crippen LogP contribution in [0.15, 0.2) is 24.4 Å². The van der Waals surface area contributed by atoms with Gasteiger partial charge in [0.25, 0.3) is 0 Å². The van der Waals surface area contributed by atoms with Crippen LogP contribution in [0.25, 0.3) is 0 Å². The molecule has 0 saturated carbocycles. The molecule has 0 bridgehead atoms. The normalized spacial score (nSPS) is 10.7. The average molecular weight is 282 g/mol. The van der Waals surface area contributed by atoms with E-state index in [-0.39, 0.29) is 5.75 Å². The molecular formula is C13H16ClN3O2. The molecule has 1 heterocycles. The molecule has 19 heavy (non-hydrogen) atoms. The Labute approximate surface area is 116 Å². The lowest BCUT2D eigenvalue weighted by Crippen LogP contribution is -2.15. The fraction of sp³-hybridized carbons (Fsp3) is 0.308. The standard InChI is InChI=1S/C13H16ClN3O2/c1-17-11(3-4-16-17)8-15-7-9-5-10(14)6-12(19-2)13(9)18/h3-6,15,18H,7-8H2,1-2H3. The first kappa shape index (κ1) is 13.7. The molecule has 0 spiro atoms. The number of hydrogen-bond acceptors (Lipinski definition) is 4. The van der Waals surface area contributed by atoms with Gasteiger partial charge < -0.3 is 15.2 Å². The summed E-state index contributed by atoms with van der Waals surface area (Å²) in [5.41, 5.74) is 1.76. The third-order valence-corrected chi connectivity index (χ3v) is 3.10. The summed E-state index contributed by atoms with van der Waals surface area (Å²) >= 11 is 5.97. The van der Waals surface area contributed by atoms with Crippen molar-refractivity contribution >= 4 is 11.6 Å². The predicted molar refractivity (Wildman–Crippen MR) is 73.4 cm³/mol. The monoisotopic (exact) mass is 281 g/mol. The van der Waals surface area contributed by atoms with Crippen molar-refractivity contribution in [2.24, 2.45) is 7.05 Å². The topological polar surface area (TPSA) is 59.3 Å². The number of aromatic hydroxyl groups is 1. The van der Waals surface area contributed by atoms with Gasteiger partial charge in [-0.05, 0) is 12.1 Å². The summed E-state index contributed by atoms with van der Waals surface area (Å²) in [5.74, 6) is 0.495. The van der Waals surface area contributed by atoms with Crippen LogP contribution in [-0.2, 0) is 20.1 Å². The van der Waals surface area contributed by atoms with E-state index in [0.717, 1.165) is 5.69 Å². The maximum Gasteiger partial charge on any atom is 0.162 e. The van der Waals surface area contributed by atoms with E-state index in [1.807, 2.05) is 13.1 Å². The van der Waals surface area contributed by atoms with Gasteiger partial charge in [-0.15, -0.1) is 0 Å². The summed E-state index contributed by atoms with van der Waals surface area (Å²) in [6, 6.07) is 5.24. The highest BCUT2D eigenvalue weighted by Gasteiger charge is 2.09. The molecule has 0 amide bonds. The summed E-state index contributed by atoms with van der Waals surface area (Å²) in [4.78, 5) is 0. The van der Waals surface area contributed by atoms with Gasteiger partial charge in [0.15, 0.2) is 11.5 Å². The van der Waals surface area contributed by atoms with Crippen LogP contribution >= 0.6 is 11.6 Å². The minimum absolute atomic E-state index is 0.115. The van der Waals surface area contributed by atoms with Gasteiger partial charge in [-0.1, -0.05) is 11.6 Å². The first-order valence-electron chi connectivity index (χ1n) is 5.84. The Morgan fingerprint density at radius 3 is 2.84 bits per heavy atom. The first-order chi connectivity index (χ1) is 9.11. The zero-order valence-electron chi connectivity index (χ0n) is 10.9. The van der Waals surface area contributed by atoms with Gasteiger partial charge in [-0.25, -0.2) is 0 Å². The van der Waals surface area contributed by atoms with E-state index in [9.17, 15) is 5.11 Å². The molecule has 6 heteroatoms. The number of phenolic OH excluding ortho intramolecular Hbond substituents is 1. The van der Waals surface area contributed by atoms with Crippen molar-refractivity contribution in [2.45, 2.75) is 13.1 Å². The van der Waals surface area contributed by atoms with Gasteiger partial charge in [0.1, 0.15) is 0 Å². The second kappa shape index (κ2) is 5.95. The molecule has 2 N–H and O–H groups in total. The summed E-state index contributed by atoms with van der Waals surface area (Å²) in [6.45, 7) is 1.15. The number of aryl methyl sites for hydroxylation is 1. The van der Waals surface area contributed by atoms with Crippen LogP contribution in [0.2, 0.25) is 5.02 Å². The molecule has 5 nitrogen and oxygen atoms in total. The van der Waals surface area contributed by atoms with Gasteiger partial charge >= 0.3 is 0 Å². The molecule has 0 fully saturated rings. The summed E-state index contributed by atoms with van der Waals surface area (Å²) in [5, 5.41) is 17.8. The van der Waals surface area contributed by atoms with Gasteiger partial charge in [0.2, 0.25) is 0 Å². The van der Waals surface area contributed by atoms with Crippen molar-refractivity contribution in [3.05, 3.63) is 40.7 Å². The number of nitrogens with one attached hydrogen (secondary N) is 1. The van der Waals surface area contributed by atoms with E-state index < -0.39 is 0 Å². The molecule has 0 atom stereocenters.